The van der Waals surface area contributed by atoms with Crippen molar-refractivity contribution in [3.8, 4) is 0 Å². The van der Waals surface area contributed by atoms with Crippen molar-refractivity contribution in [1.29, 1.82) is 0 Å². The predicted molar refractivity (Wildman–Crippen MR) is 37.0 cm³/mol. The van der Waals surface area contributed by atoms with E-state index in [-0.39, 0.29) is 0 Å². The number of hydrogen-bond donors (Lipinski definition) is 1. The van der Waals surface area contributed by atoms with Gasteiger partial charge in [-0.1, -0.05) is 13.0 Å². The van der Waals surface area contributed by atoms with Crippen LogP contribution >= 0.6 is 0 Å². The van der Waals surface area contributed by atoms with Crippen molar-refractivity contribution >= 4 is 6.21 Å². The number of allylic oxidation sites excluding steroid dienone is 2. The van der Waals surface area contributed by atoms with Gasteiger partial charge >= 0.3 is 0 Å². The van der Waals surface area contributed by atoms with E-state index in [1.807, 2.05) is 12.2 Å². The molecule has 0 radical (unpaired) electrons. The van der Waals surface area contributed by atoms with Crippen molar-refractivity contribution in [2.45, 2.75) is 13.3 Å². The molecule has 0 amide bonds. The molecule has 0 bridgehead atoms. The molecule has 0 saturated carbocycles. The Kier molecular flexibility index (Phi) is 5.87. The molecule has 0 aliphatic rings. The average molecular weight is 112 g/mol. The van der Waals surface area contributed by atoms with Crippen LogP contribution in [0.2, 0.25) is 0 Å². The van der Waals surface area contributed by atoms with Gasteiger partial charge in [0.2, 0.25) is 0 Å². The van der Waals surface area contributed by atoms with E-state index >= 15 is 0 Å². The lowest BCUT2D eigenvalue weighted by Crippen LogP contribution is -1.92. The van der Waals surface area contributed by atoms with Gasteiger partial charge in [-0.2, -0.15) is 0 Å². The first-order valence-electron chi connectivity index (χ1n) is 2.76. The molecule has 2 N–H and O–H groups in total. The van der Waals surface area contributed by atoms with E-state index in [9.17, 15) is 0 Å². The van der Waals surface area contributed by atoms with Crippen molar-refractivity contribution in [2.24, 2.45) is 10.7 Å². The number of hydrogen-bond acceptors (Lipinski definition) is 2. The molecule has 8 heavy (non-hydrogen) atoms. The number of nitrogens with zero attached hydrogens (tertiary/aromatic N) is 1. The summed E-state index contributed by atoms with van der Waals surface area (Å²) in [6.07, 6.45) is 6.69. The molecule has 46 valence electrons. The fraction of sp³-hybridized carbons (Fsp3) is 0.500. The molecule has 0 heterocycles. The highest BCUT2D eigenvalue weighted by Gasteiger charge is 1.61. The molecule has 0 aliphatic carbocycles. The highest BCUT2D eigenvalue weighted by atomic mass is 14.8. The van der Waals surface area contributed by atoms with Gasteiger partial charge in [-0.25, -0.2) is 0 Å². The fourth-order valence-corrected chi connectivity index (χ4v) is 0.319. The molecule has 0 spiro atoms. The van der Waals surface area contributed by atoms with Gasteiger partial charge in [-0.05, 0) is 12.5 Å². The van der Waals surface area contributed by atoms with E-state index < -0.39 is 0 Å². The normalized spacial score (nSPS) is 11.8. The van der Waals surface area contributed by atoms with Crippen LogP contribution in [0.1, 0.15) is 13.3 Å². The van der Waals surface area contributed by atoms with Crippen LogP contribution in [-0.2, 0) is 0 Å². The summed E-state index contributed by atoms with van der Waals surface area (Å²) in [5.41, 5.74) is 5.08. The van der Waals surface area contributed by atoms with Gasteiger partial charge in [-0.15, -0.1) is 0 Å². The third-order valence-electron chi connectivity index (χ3n) is 0.669. The molecule has 0 atom stereocenters. The summed E-state index contributed by atoms with van der Waals surface area (Å²) in [4.78, 5) is 3.78. The number of rotatable bonds is 3. The molecular weight excluding hydrogens is 100 g/mol. The molecule has 0 aromatic heterocycles. The smallest absolute Gasteiger partial charge is 0.0859 e. The molecule has 2 nitrogen and oxygen atoms in total. The second-order valence-corrected chi connectivity index (χ2v) is 1.35. The summed E-state index contributed by atoms with van der Waals surface area (Å²) in [7, 11) is 0. The summed E-state index contributed by atoms with van der Waals surface area (Å²) in [5, 5.41) is 0. The van der Waals surface area contributed by atoms with Crippen LogP contribution < -0.4 is 5.73 Å². The molecule has 0 rings (SSSR count). The van der Waals surface area contributed by atoms with Gasteiger partial charge in [0.1, 0.15) is 0 Å². The lowest BCUT2D eigenvalue weighted by atomic mass is 10.4. The zero-order chi connectivity index (χ0) is 6.24. The standard InChI is InChI=1S/C6H12N2/c1-2-3-4-5-8-6-7/h3-5H,2,6-7H2,1H3/b4-3-,8-5-. The van der Waals surface area contributed by atoms with Gasteiger partial charge in [0, 0.05) is 6.21 Å². The molecule has 0 aliphatic heterocycles. The fourth-order valence-electron chi connectivity index (χ4n) is 0.319. The minimum atomic E-state index is 0.383. The third-order valence-corrected chi connectivity index (χ3v) is 0.669. The lowest BCUT2D eigenvalue weighted by Gasteiger charge is -1.75. The molecule has 0 aromatic carbocycles. The zero-order valence-corrected chi connectivity index (χ0v) is 5.17. The molecule has 0 fully saturated rings. The maximum atomic E-state index is 5.08. The quantitative estimate of drug-likeness (QED) is 0.542. The summed E-state index contributed by atoms with van der Waals surface area (Å²) in [6, 6.07) is 0. The average Bonchev–Trinajstić information content (AvgIpc) is 1.81. The van der Waals surface area contributed by atoms with Gasteiger partial charge in [-0.3, -0.25) is 4.99 Å². The van der Waals surface area contributed by atoms with Crippen LogP contribution in [0.4, 0.5) is 0 Å². The van der Waals surface area contributed by atoms with Gasteiger partial charge in [0.05, 0.1) is 6.67 Å². The third kappa shape index (κ3) is 5.37. The second kappa shape index (κ2) is 6.37. The van der Waals surface area contributed by atoms with E-state index in [0.29, 0.717) is 6.67 Å². The van der Waals surface area contributed by atoms with Gasteiger partial charge in [0.25, 0.3) is 0 Å². The first-order chi connectivity index (χ1) is 3.91. The van der Waals surface area contributed by atoms with Crippen LogP contribution in [-0.4, -0.2) is 12.9 Å². The summed E-state index contributed by atoms with van der Waals surface area (Å²) in [6.45, 7) is 2.46. The highest BCUT2D eigenvalue weighted by molar-refractivity contribution is 5.70. The second-order valence-electron chi connectivity index (χ2n) is 1.35. The molecule has 0 unspecified atom stereocenters. The molecule has 0 saturated heterocycles. The number of aliphatic imine (C=N–C) groups is 1. The van der Waals surface area contributed by atoms with Crippen molar-refractivity contribution in [3.05, 3.63) is 12.2 Å². The maximum absolute atomic E-state index is 5.08. The van der Waals surface area contributed by atoms with E-state index in [2.05, 4.69) is 11.9 Å². The Bertz CT molecular complexity index is 72.5. The SMILES string of the molecule is CC/C=C\C=N/CN. The minimum absolute atomic E-state index is 0.383. The van der Waals surface area contributed by atoms with E-state index in [0.717, 1.165) is 6.42 Å². The predicted octanol–water partition coefficient (Wildman–Crippen LogP) is 0.940. The molecular formula is C6H12N2. The minimum Gasteiger partial charge on any atom is -0.312 e. The van der Waals surface area contributed by atoms with Crippen molar-refractivity contribution in [2.75, 3.05) is 6.67 Å². The topological polar surface area (TPSA) is 38.4 Å². The Morgan fingerprint density at radius 2 is 2.38 bits per heavy atom. The maximum Gasteiger partial charge on any atom is 0.0859 e. The highest BCUT2D eigenvalue weighted by Crippen LogP contribution is 1.74. The Morgan fingerprint density at radius 1 is 1.62 bits per heavy atom. The first-order valence-corrected chi connectivity index (χ1v) is 2.76. The van der Waals surface area contributed by atoms with Crippen LogP contribution in [0.3, 0.4) is 0 Å². The Labute approximate surface area is 50.1 Å². The van der Waals surface area contributed by atoms with Crippen LogP contribution in [0.25, 0.3) is 0 Å². The van der Waals surface area contributed by atoms with Crippen LogP contribution in [0.15, 0.2) is 17.1 Å². The van der Waals surface area contributed by atoms with E-state index in [1.54, 1.807) is 6.21 Å². The van der Waals surface area contributed by atoms with Crippen LogP contribution in [0, 0.1) is 0 Å². The Balaban J connectivity index is 3.13. The van der Waals surface area contributed by atoms with E-state index in [1.165, 1.54) is 0 Å². The monoisotopic (exact) mass is 112 g/mol. The van der Waals surface area contributed by atoms with E-state index in [4.69, 9.17) is 5.73 Å². The molecule has 2 heteroatoms. The van der Waals surface area contributed by atoms with Gasteiger partial charge in [0.15, 0.2) is 0 Å². The van der Waals surface area contributed by atoms with Crippen molar-refractivity contribution < 1.29 is 0 Å². The summed E-state index contributed by atoms with van der Waals surface area (Å²) < 4.78 is 0. The van der Waals surface area contributed by atoms with Crippen LogP contribution in [0.5, 0.6) is 0 Å². The van der Waals surface area contributed by atoms with Crippen molar-refractivity contribution in [3.63, 3.8) is 0 Å². The summed E-state index contributed by atoms with van der Waals surface area (Å²) >= 11 is 0. The molecule has 0 aromatic rings. The zero-order valence-electron chi connectivity index (χ0n) is 5.17. The van der Waals surface area contributed by atoms with Gasteiger partial charge < -0.3 is 5.73 Å². The Hall–Kier alpha value is -0.630. The summed E-state index contributed by atoms with van der Waals surface area (Å²) in [5.74, 6) is 0. The first kappa shape index (κ1) is 7.37. The number of nitrogens with two attached hydrogens (primary N) is 1. The Morgan fingerprint density at radius 3 is 2.88 bits per heavy atom. The van der Waals surface area contributed by atoms with Crippen molar-refractivity contribution in [1.82, 2.24) is 0 Å². The largest absolute Gasteiger partial charge is 0.312 e. The lowest BCUT2D eigenvalue weighted by molar-refractivity contribution is 1.08.